The second-order valence-corrected chi connectivity index (χ2v) is 5.82. The zero-order valence-corrected chi connectivity index (χ0v) is 11.1. The van der Waals surface area contributed by atoms with Gasteiger partial charge in [-0.25, -0.2) is 8.42 Å². The monoisotopic (exact) mass is 306 g/mol. The Morgan fingerprint density at radius 3 is 2.39 bits per heavy atom. The number of hydrogen-bond acceptors (Lipinski definition) is 4. The number of H-pyrrole nitrogens is 1. The molecule has 18 heavy (non-hydrogen) atoms. The molecule has 0 unspecified atom stereocenters. The fourth-order valence-corrected chi connectivity index (χ4v) is 3.01. The summed E-state index contributed by atoms with van der Waals surface area (Å²) in [5, 5.41) is 6.25. The average molecular weight is 307 g/mol. The predicted octanol–water partition coefficient (Wildman–Crippen LogP) is 2.10. The number of aromatic amines is 1. The Morgan fingerprint density at radius 2 is 1.89 bits per heavy atom. The molecule has 0 amide bonds. The minimum atomic E-state index is -3.88. The standard InChI is InChI=1S/C9H8Cl2N4O2S/c10-5-2-1-3-6(11)8(5)15-18(16,17)7-4-13-14-9(7)12/h1-4,15H,(H3,12,13,14). The molecule has 0 bridgehead atoms. The van der Waals surface area contributed by atoms with Crippen molar-refractivity contribution in [1.82, 2.24) is 10.2 Å². The lowest BCUT2D eigenvalue weighted by Crippen LogP contribution is -2.14. The summed E-state index contributed by atoms with van der Waals surface area (Å²) in [7, 11) is -3.88. The number of nitrogens with zero attached hydrogens (tertiary/aromatic N) is 1. The maximum absolute atomic E-state index is 12.0. The summed E-state index contributed by atoms with van der Waals surface area (Å²) >= 11 is 11.7. The number of nitrogen functional groups attached to an aromatic ring is 1. The van der Waals surface area contributed by atoms with E-state index >= 15 is 0 Å². The van der Waals surface area contributed by atoms with E-state index in [4.69, 9.17) is 28.9 Å². The lowest BCUT2D eigenvalue weighted by atomic mass is 10.3. The second-order valence-electron chi connectivity index (χ2n) is 3.35. The topological polar surface area (TPSA) is 101 Å². The van der Waals surface area contributed by atoms with Crippen LogP contribution in [-0.2, 0) is 10.0 Å². The molecular formula is C9H8Cl2N4O2S. The van der Waals surface area contributed by atoms with Crippen LogP contribution in [0.1, 0.15) is 0 Å². The van der Waals surface area contributed by atoms with Gasteiger partial charge < -0.3 is 5.73 Å². The van der Waals surface area contributed by atoms with Gasteiger partial charge in [0.2, 0.25) is 0 Å². The molecule has 2 aromatic rings. The number of aromatic nitrogens is 2. The number of benzene rings is 1. The van der Waals surface area contributed by atoms with Crippen LogP contribution in [0.4, 0.5) is 11.5 Å². The summed E-state index contributed by atoms with van der Waals surface area (Å²) in [5.74, 6) is -0.0642. The molecule has 0 radical (unpaired) electrons. The van der Waals surface area contributed by atoms with Crippen molar-refractivity contribution in [3.8, 4) is 0 Å². The second kappa shape index (κ2) is 4.68. The number of halogens is 2. The zero-order chi connectivity index (χ0) is 13.3. The van der Waals surface area contributed by atoms with Crippen molar-refractivity contribution >= 4 is 44.7 Å². The van der Waals surface area contributed by atoms with Crippen LogP contribution in [0.5, 0.6) is 0 Å². The van der Waals surface area contributed by atoms with Crippen LogP contribution in [0, 0.1) is 0 Å². The number of sulfonamides is 1. The Hall–Kier alpha value is -1.44. The summed E-state index contributed by atoms with van der Waals surface area (Å²) in [6.07, 6.45) is 1.10. The Balaban J connectivity index is 2.44. The van der Waals surface area contributed by atoms with E-state index in [1.54, 1.807) is 6.07 Å². The van der Waals surface area contributed by atoms with Crippen LogP contribution in [0.2, 0.25) is 10.0 Å². The number of nitrogens with two attached hydrogens (primary N) is 1. The molecular weight excluding hydrogens is 299 g/mol. The lowest BCUT2D eigenvalue weighted by molar-refractivity contribution is 0.601. The van der Waals surface area contributed by atoms with Crippen LogP contribution in [0.25, 0.3) is 0 Å². The minimum Gasteiger partial charge on any atom is -0.383 e. The van der Waals surface area contributed by atoms with Gasteiger partial charge in [-0.15, -0.1) is 0 Å². The fourth-order valence-electron chi connectivity index (χ4n) is 1.28. The van der Waals surface area contributed by atoms with E-state index in [-0.39, 0.29) is 26.4 Å². The third kappa shape index (κ3) is 2.38. The minimum absolute atomic E-state index is 0.0642. The molecule has 1 aromatic carbocycles. The first kappa shape index (κ1) is 13.0. The Kier molecular flexibility index (Phi) is 3.38. The molecule has 0 fully saturated rings. The number of hydrogen-bond donors (Lipinski definition) is 3. The van der Waals surface area contributed by atoms with Gasteiger partial charge in [0.15, 0.2) is 0 Å². The van der Waals surface area contributed by atoms with Gasteiger partial charge in [-0.3, -0.25) is 9.82 Å². The maximum atomic E-state index is 12.0. The van der Waals surface area contributed by atoms with Crippen molar-refractivity contribution < 1.29 is 8.42 Å². The van der Waals surface area contributed by atoms with E-state index < -0.39 is 10.0 Å². The van der Waals surface area contributed by atoms with Gasteiger partial charge >= 0.3 is 0 Å². The summed E-state index contributed by atoms with van der Waals surface area (Å²) < 4.78 is 26.3. The Bertz CT molecular complexity index is 663. The molecule has 0 aliphatic heterocycles. The third-order valence-corrected chi connectivity index (χ3v) is 4.13. The predicted molar refractivity (Wildman–Crippen MR) is 70.3 cm³/mol. The highest BCUT2D eigenvalue weighted by Crippen LogP contribution is 2.32. The van der Waals surface area contributed by atoms with Crippen LogP contribution >= 0.6 is 23.2 Å². The van der Waals surface area contributed by atoms with Crippen molar-refractivity contribution in [2.75, 3.05) is 10.5 Å². The summed E-state index contributed by atoms with van der Waals surface area (Å²) in [6.45, 7) is 0. The molecule has 0 spiro atoms. The zero-order valence-electron chi connectivity index (χ0n) is 8.81. The number of nitrogens with one attached hydrogen (secondary N) is 2. The molecule has 4 N–H and O–H groups in total. The molecule has 1 heterocycles. The van der Waals surface area contributed by atoms with Crippen molar-refractivity contribution in [3.63, 3.8) is 0 Å². The number of rotatable bonds is 3. The van der Waals surface area contributed by atoms with E-state index in [2.05, 4.69) is 14.9 Å². The van der Waals surface area contributed by atoms with Crippen molar-refractivity contribution in [1.29, 1.82) is 0 Å². The van der Waals surface area contributed by atoms with E-state index in [1.807, 2.05) is 0 Å². The summed E-state index contributed by atoms with van der Waals surface area (Å²) in [6, 6.07) is 4.64. The van der Waals surface area contributed by atoms with E-state index in [9.17, 15) is 8.42 Å². The van der Waals surface area contributed by atoms with E-state index in [0.29, 0.717) is 0 Å². The smallest absolute Gasteiger partial charge is 0.267 e. The molecule has 0 aliphatic carbocycles. The van der Waals surface area contributed by atoms with Gasteiger partial charge in [-0.1, -0.05) is 29.3 Å². The SMILES string of the molecule is Nc1[nH]ncc1S(=O)(=O)Nc1c(Cl)cccc1Cl. The number of anilines is 2. The lowest BCUT2D eigenvalue weighted by Gasteiger charge is -2.10. The molecule has 96 valence electrons. The quantitative estimate of drug-likeness (QED) is 0.808. The molecule has 9 heteroatoms. The Morgan fingerprint density at radius 1 is 1.28 bits per heavy atom. The average Bonchev–Trinajstić information content (AvgIpc) is 2.71. The highest BCUT2D eigenvalue weighted by molar-refractivity contribution is 7.92. The van der Waals surface area contributed by atoms with Crippen molar-refractivity contribution in [3.05, 3.63) is 34.4 Å². The number of para-hydroxylation sites is 1. The first-order valence-corrected chi connectivity index (χ1v) is 6.91. The fraction of sp³-hybridized carbons (Fsp3) is 0. The third-order valence-electron chi connectivity index (χ3n) is 2.12. The van der Waals surface area contributed by atoms with Crippen LogP contribution in [0.3, 0.4) is 0 Å². The molecule has 2 rings (SSSR count). The molecule has 0 atom stereocenters. The largest absolute Gasteiger partial charge is 0.383 e. The highest BCUT2D eigenvalue weighted by Gasteiger charge is 2.21. The van der Waals surface area contributed by atoms with Crippen LogP contribution in [-0.4, -0.2) is 18.6 Å². The molecule has 0 saturated heterocycles. The molecule has 0 aliphatic rings. The normalized spacial score (nSPS) is 11.4. The van der Waals surface area contributed by atoms with Gasteiger partial charge in [-0.2, -0.15) is 5.10 Å². The van der Waals surface area contributed by atoms with E-state index in [1.165, 1.54) is 12.1 Å². The van der Waals surface area contributed by atoms with Crippen molar-refractivity contribution in [2.24, 2.45) is 0 Å². The van der Waals surface area contributed by atoms with Gasteiger partial charge in [0, 0.05) is 0 Å². The van der Waals surface area contributed by atoms with Crippen LogP contribution < -0.4 is 10.5 Å². The van der Waals surface area contributed by atoms with E-state index in [0.717, 1.165) is 6.20 Å². The van der Waals surface area contributed by atoms with Gasteiger partial charge in [0.25, 0.3) is 10.0 Å². The molecule has 1 aromatic heterocycles. The van der Waals surface area contributed by atoms with Crippen molar-refractivity contribution in [2.45, 2.75) is 4.90 Å². The highest BCUT2D eigenvalue weighted by atomic mass is 35.5. The van der Waals surface area contributed by atoms with Gasteiger partial charge in [0.1, 0.15) is 10.7 Å². The van der Waals surface area contributed by atoms with Gasteiger partial charge in [0.05, 0.1) is 21.9 Å². The van der Waals surface area contributed by atoms with Crippen LogP contribution in [0.15, 0.2) is 29.3 Å². The van der Waals surface area contributed by atoms with Gasteiger partial charge in [-0.05, 0) is 12.1 Å². The first-order valence-electron chi connectivity index (χ1n) is 4.67. The molecule has 6 nitrogen and oxygen atoms in total. The first-order chi connectivity index (χ1) is 8.42. The molecule has 0 saturated carbocycles. The maximum Gasteiger partial charge on any atom is 0.267 e. The Labute approximate surface area is 113 Å². The summed E-state index contributed by atoms with van der Waals surface area (Å²) in [4.78, 5) is -0.168. The summed E-state index contributed by atoms with van der Waals surface area (Å²) in [5.41, 5.74) is 5.55.